The summed E-state index contributed by atoms with van der Waals surface area (Å²) in [5.74, 6) is -0.209. The average molecular weight is 312 g/mol. The van der Waals surface area contributed by atoms with Gasteiger partial charge in [-0.3, -0.25) is 14.2 Å². The second kappa shape index (κ2) is 5.34. The molecular weight excluding hydrogens is 298 g/mol. The lowest BCUT2D eigenvalue weighted by Gasteiger charge is -2.00. The van der Waals surface area contributed by atoms with Crippen molar-refractivity contribution in [1.82, 2.24) is 24.9 Å². The zero-order chi connectivity index (χ0) is 13.1. The van der Waals surface area contributed by atoms with Crippen molar-refractivity contribution in [2.75, 3.05) is 0 Å². The molecule has 0 aromatic carbocycles. The molecule has 0 spiro atoms. The first-order valence-corrected chi connectivity index (χ1v) is 6.39. The quantitative estimate of drug-likeness (QED) is 0.926. The average Bonchev–Trinajstić information content (AvgIpc) is 2.92. The first-order valence-electron chi connectivity index (χ1n) is 5.60. The smallest absolute Gasteiger partial charge is 0.273 e. The fraction of sp³-hybridized carbons (Fsp3) is 0.364. The lowest BCUT2D eigenvalue weighted by Crippen LogP contribution is -2.24. The van der Waals surface area contributed by atoms with Gasteiger partial charge in [0.15, 0.2) is 5.69 Å². The van der Waals surface area contributed by atoms with Gasteiger partial charge in [0.05, 0.1) is 16.7 Å². The summed E-state index contributed by atoms with van der Waals surface area (Å²) in [5.41, 5.74) is 1.21. The largest absolute Gasteiger partial charge is 0.345 e. The van der Waals surface area contributed by atoms with Crippen LogP contribution in [0, 0.1) is 0 Å². The van der Waals surface area contributed by atoms with Crippen molar-refractivity contribution in [2.45, 2.75) is 20.0 Å². The van der Waals surface area contributed by atoms with Crippen molar-refractivity contribution >= 4 is 21.8 Å². The number of rotatable bonds is 4. The lowest BCUT2D eigenvalue weighted by atomic mass is 10.4. The molecule has 0 unspecified atom stereocenters. The summed E-state index contributed by atoms with van der Waals surface area (Å²) in [5, 5.41) is 11.1. The second-order valence-corrected chi connectivity index (χ2v) is 4.70. The molecule has 6 nitrogen and oxygen atoms in total. The third kappa shape index (κ3) is 2.79. The van der Waals surface area contributed by atoms with Crippen LogP contribution in [0.15, 0.2) is 22.9 Å². The number of hydrogen-bond acceptors (Lipinski definition) is 3. The van der Waals surface area contributed by atoms with Crippen molar-refractivity contribution in [3.8, 4) is 0 Å². The van der Waals surface area contributed by atoms with Crippen molar-refractivity contribution in [1.29, 1.82) is 0 Å². The van der Waals surface area contributed by atoms with E-state index < -0.39 is 0 Å². The van der Waals surface area contributed by atoms with Crippen LogP contribution in [0.3, 0.4) is 0 Å². The predicted molar refractivity (Wildman–Crippen MR) is 70.0 cm³/mol. The Bertz CT molecular complexity index is 560. The normalized spacial score (nSPS) is 10.6. The summed E-state index contributed by atoms with van der Waals surface area (Å²) >= 11 is 3.32. The van der Waals surface area contributed by atoms with Gasteiger partial charge in [-0.05, 0) is 28.9 Å². The van der Waals surface area contributed by atoms with Crippen LogP contribution in [0.4, 0.5) is 0 Å². The van der Waals surface area contributed by atoms with Crippen LogP contribution in [0.1, 0.15) is 23.1 Å². The Morgan fingerprint density at radius 1 is 1.50 bits per heavy atom. The molecule has 0 bridgehead atoms. The van der Waals surface area contributed by atoms with Crippen molar-refractivity contribution in [3.63, 3.8) is 0 Å². The molecule has 2 heterocycles. The zero-order valence-electron chi connectivity index (χ0n) is 10.2. The third-order valence-electron chi connectivity index (χ3n) is 2.46. The number of nitrogens with one attached hydrogen (secondary N) is 1. The molecule has 0 fully saturated rings. The Labute approximate surface area is 113 Å². The summed E-state index contributed by atoms with van der Waals surface area (Å²) in [6.45, 7) is 3.09. The fourth-order valence-electron chi connectivity index (χ4n) is 1.52. The van der Waals surface area contributed by atoms with Crippen LogP contribution in [-0.4, -0.2) is 25.5 Å². The second-order valence-electron chi connectivity index (χ2n) is 3.84. The minimum atomic E-state index is -0.209. The highest BCUT2D eigenvalue weighted by atomic mass is 79.9. The number of halogens is 1. The van der Waals surface area contributed by atoms with Gasteiger partial charge in [-0.15, -0.1) is 0 Å². The van der Waals surface area contributed by atoms with Gasteiger partial charge in [-0.25, -0.2) is 0 Å². The number of aryl methyl sites for hydroxylation is 2. The van der Waals surface area contributed by atoms with E-state index in [0.29, 0.717) is 16.7 Å². The highest BCUT2D eigenvalue weighted by molar-refractivity contribution is 9.10. The molecule has 2 rings (SSSR count). The third-order valence-corrected chi connectivity index (χ3v) is 3.04. The number of nitrogens with zero attached hydrogens (tertiary/aromatic N) is 4. The van der Waals surface area contributed by atoms with Gasteiger partial charge >= 0.3 is 0 Å². The van der Waals surface area contributed by atoms with Gasteiger partial charge in [0.2, 0.25) is 0 Å². The van der Waals surface area contributed by atoms with E-state index in [9.17, 15) is 4.79 Å². The minimum absolute atomic E-state index is 0.209. The Morgan fingerprint density at radius 3 is 2.83 bits per heavy atom. The van der Waals surface area contributed by atoms with E-state index in [-0.39, 0.29) is 5.91 Å². The Balaban J connectivity index is 2.01. The van der Waals surface area contributed by atoms with E-state index >= 15 is 0 Å². The highest BCUT2D eigenvalue weighted by Gasteiger charge is 2.14. The maximum atomic E-state index is 11.9. The number of carbonyl (C=O) groups is 1. The van der Waals surface area contributed by atoms with Gasteiger partial charge in [0.1, 0.15) is 0 Å². The summed E-state index contributed by atoms with van der Waals surface area (Å²) in [6.07, 6.45) is 3.62. The van der Waals surface area contributed by atoms with Gasteiger partial charge in [-0.1, -0.05) is 0 Å². The molecule has 96 valence electrons. The Kier molecular flexibility index (Phi) is 3.81. The van der Waals surface area contributed by atoms with E-state index in [0.717, 1.165) is 12.2 Å². The molecule has 7 heteroatoms. The van der Waals surface area contributed by atoms with Crippen LogP contribution in [0.2, 0.25) is 0 Å². The molecule has 0 radical (unpaired) electrons. The first kappa shape index (κ1) is 12.8. The minimum Gasteiger partial charge on any atom is -0.345 e. The summed E-state index contributed by atoms with van der Waals surface area (Å²) in [7, 11) is 1.84. The van der Waals surface area contributed by atoms with Gasteiger partial charge in [0, 0.05) is 26.0 Å². The molecule has 1 amide bonds. The lowest BCUT2D eigenvalue weighted by molar-refractivity contribution is 0.0943. The van der Waals surface area contributed by atoms with Crippen LogP contribution >= 0.6 is 15.9 Å². The molecule has 0 atom stereocenters. The standard InChI is InChI=1S/C11H14BrN5O/c1-3-17-7-9(12)10(15-17)11(18)13-6-8-4-5-16(2)14-8/h4-5,7H,3,6H2,1-2H3,(H,13,18). The molecule has 0 aliphatic heterocycles. The van der Waals surface area contributed by atoms with E-state index in [2.05, 4.69) is 31.4 Å². The molecule has 2 aromatic rings. The molecule has 0 aliphatic carbocycles. The van der Waals surface area contributed by atoms with E-state index in [1.54, 1.807) is 15.6 Å². The molecule has 0 saturated heterocycles. The van der Waals surface area contributed by atoms with Gasteiger partial charge < -0.3 is 5.32 Å². The van der Waals surface area contributed by atoms with Crippen molar-refractivity contribution in [3.05, 3.63) is 34.3 Å². The van der Waals surface area contributed by atoms with Crippen LogP contribution < -0.4 is 5.32 Å². The molecule has 2 aromatic heterocycles. The topological polar surface area (TPSA) is 64.7 Å². The molecule has 1 N–H and O–H groups in total. The first-order chi connectivity index (χ1) is 8.60. The number of hydrogen-bond donors (Lipinski definition) is 1. The van der Waals surface area contributed by atoms with Gasteiger partial charge in [-0.2, -0.15) is 10.2 Å². The van der Waals surface area contributed by atoms with E-state index in [1.165, 1.54) is 0 Å². The van der Waals surface area contributed by atoms with Crippen molar-refractivity contribution < 1.29 is 4.79 Å². The Morgan fingerprint density at radius 2 is 2.28 bits per heavy atom. The Hall–Kier alpha value is -1.63. The predicted octanol–water partition coefficient (Wildman–Crippen LogP) is 1.33. The molecule has 18 heavy (non-hydrogen) atoms. The highest BCUT2D eigenvalue weighted by Crippen LogP contribution is 2.14. The SMILES string of the molecule is CCn1cc(Br)c(C(=O)NCc2ccn(C)n2)n1. The van der Waals surface area contributed by atoms with Crippen LogP contribution in [0.5, 0.6) is 0 Å². The van der Waals surface area contributed by atoms with E-state index in [4.69, 9.17) is 0 Å². The molecule has 0 saturated carbocycles. The van der Waals surface area contributed by atoms with Gasteiger partial charge in [0.25, 0.3) is 5.91 Å². The number of carbonyl (C=O) groups excluding carboxylic acids is 1. The van der Waals surface area contributed by atoms with E-state index in [1.807, 2.05) is 26.2 Å². The summed E-state index contributed by atoms with van der Waals surface area (Å²) < 4.78 is 4.10. The maximum Gasteiger partial charge on any atom is 0.273 e. The van der Waals surface area contributed by atoms with Crippen LogP contribution in [0.25, 0.3) is 0 Å². The fourth-order valence-corrected chi connectivity index (χ4v) is 2.02. The maximum absolute atomic E-state index is 11.9. The monoisotopic (exact) mass is 311 g/mol. The molecule has 0 aliphatic rings. The number of aromatic nitrogens is 4. The summed E-state index contributed by atoms with van der Waals surface area (Å²) in [4.78, 5) is 11.9. The summed E-state index contributed by atoms with van der Waals surface area (Å²) in [6, 6.07) is 1.86. The zero-order valence-corrected chi connectivity index (χ0v) is 11.8. The van der Waals surface area contributed by atoms with Crippen molar-refractivity contribution in [2.24, 2.45) is 7.05 Å². The molecular formula is C11H14BrN5O. The van der Waals surface area contributed by atoms with Crippen LogP contribution in [-0.2, 0) is 20.1 Å². The number of amides is 1.